The molecule has 2 aromatic carbocycles. The Labute approximate surface area is 233 Å². The second-order valence-electron chi connectivity index (χ2n) is 6.73. The number of benzene rings is 2. The predicted octanol–water partition coefficient (Wildman–Crippen LogP) is 1.90. The SMILES string of the molecule is COc1c(Br)c(S(=O)(=O)O)c(S(=O)(=O)O)c(-c2c(OC)c(OC)c(Br)c(S(=O)(=O)O)c2S(=O)(=O)O)c1OC. The summed E-state index contributed by atoms with van der Waals surface area (Å²) in [5.41, 5.74) is -2.63. The lowest BCUT2D eigenvalue weighted by Gasteiger charge is -2.25. The second kappa shape index (κ2) is 10.7. The monoisotopic (exact) mass is 750 g/mol. The van der Waals surface area contributed by atoms with E-state index in [-0.39, 0.29) is 0 Å². The van der Waals surface area contributed by atoms with Crippen LogP contribution in [0.4, 0.5) is 0 Å². The van der Waals surface area contributed by atoms with E-state index in [0.29, 0.717) is 0 Å². The van der Waals surface area contributed by atoms with E-state index in [1.54, 1.807) is 0 Å². The maximum atomic E-state index is 12.6. The number of rotatable bonds is 9. The van der Waals surface area contributed by atoms with E-state index in [1.807, 2.05) is 0 Å². The van der Waals surface area contributed by atoms with Crippen LogP contribution in [-0.4, -0.2) is 80.3 Å². The minimum absolute atomic E-state index is 0.735. The van der Waals surface area contributed by atoms with Crippen LogP contribution in [0.25, 0.3) is 11.1 Å². The maximum Gasteiger partial charge on any atom is 0.297 e. The first-order chi connectivity index (χ1) is 17.1. The highest BCUT2D eigenvalue weighted by atomic mass is 79.9. The summed E-state index contributed by atoms with van der Waals surface area (Å²) in [7, 11) is -19.5. The van der Waals surface area contributed by atoms with Crippen LogP contribution in [0.1, 0.15) is 0 Å². The van der Waals surface area contributed by atoms with Gasteiger partial charge in [0.25, 0.3) is 40.5 Å². The molecule has 0 aliphatic rings. The van der Waals surface area contributed by atoms with Crippen molar-refractivity contribution in [2.45, 2.75) is 19.6 Å². The zero-order valence-corrected chi connectivity index (χ0v) is 25.5. The van der Waals surface area contributed by atoms with Gasteiger partial charge in [0.05, 0.1) is 48.5 Å². The van der Waals surface area contributed by atoms with Gasteiger partial charge in [-0.2, -0.15) is 33.7 Å². The maximum absolute atomic E-state index is 12.6. The molecule has 0 spiro atoms. The van der Waals surface area contributed by atoms with Gasteiger partial charge >= 0.3 is 0 Å². The lowest BCUT2D eigenvalue weighted by molar-refractivity contribution is 0.345. The average molecular weight is 752 g/mol. The normalized spacial score (nSPS) is 12.8. The molecule has 0 aromatic heterocycles. The third-order valence-electron chi connectivity index (χ3n) is 4.63. The Bertz CT molecular complexity index is 1630. The molecule has 0 atom stereocenters. The number of halogens is 2. The summed E-state index contributed by atoms with van der Waals surface area (Å²) in [5, 5.41) is 0. The van der Waals surface area contributed by atoms with E-state index >= 15 is 0 Å². The molecular weight excluding hydrogens is 736 g/mol. The molecule has 0 amide bonds. The summed E-state index contributed by atoms with van der Waals surface area (Å²) in [4.78, 5) is -6.80. The molecule has 0 bridgehead atoms. The van der Waals surface area contributed by atoms with Gasteiger partial charge in [-0.05, 0) is 31.9 Å². The Morgan fingerprint density at radius 1 is 0.447 bits per heavy atom. The quantitative estimate of drug-likeness (QED) is 0.267. The fraction of sp³-hybridized carbons (Fsp3) is 0.250. The zero-order valence-electron chi connectivity index (χ0n) is 19.1. The molecule has 0 radical (unpaired) electrons. The number of ether oxygens (including phenoxy) is 4. The van der Waals surface area contributed by atoms with E-state index < -0.39 is 103 Å². The molecule has 0 saturated heterocycles. The molecule has 0 aliphatic heterocycles. The van der Waals surface area contributed by atoms with Crippen LogP contribution < -0.4 is 18.9 Å². The standard InChI is InChI=1S/C16H16Br2O16S4/c1-31-9-5(13(35(19,20)21)15(37(25,26)27)7(17)11(9)33-3)6-10(32-2)12(34-4)8(18)16(38(28,29)30)14(6)36(22,23)24/h1-4H3,(H,19,20,21)(H,22,23,24)(H,25,26,27)(H,28,29,30). The fourth-order valence-corrected chi connectivity index (χ4v) is 10.1. The van der Waals surface area contributed by atoms with Crippen LogP contribution in [0, 0.1) is 0 Å². The largest absolute Gasteiger partial charge is 0.492 e. The molecular formula is C16H16Br2O16S4. The van der Waals surface area contributed by atoms with Crippen LogP contribution in [-0.2, 0) is 40.5 Å². The Balaban J connectivity index is 3.80. The third kappa shape index (κ3) is 5.59. The van der Waals surface area contributed by atoms with Gasteiger partial charge in [0.2, 0.25) is 0 Å². The second-order valence-corrected chi connectivity index (χ2v) is 13.7. The van der Waals surface area contributed by atoms with Gasteiger partial charge in [-0.3, -0.25) is 18.2 Å². The number of hydrogen-bond donors (Lipinski definition) is 4. The molecule has 0 unspecified atom stereocenters. The summed E-state index contributed by atoms with van der Waals surface area (Å²) in [6.07, 6.45) is 0. The van der Waals surface area contributed by atoms with Crippen LogP contribution >= 0.6 is 31.9 Å². The van der Waals surface area contributed by atoms with E-state index in [0.717, 1.165) is 28.4 Å². The Hall–Kier alpha value is -1.76. The molecule has 0 aliphatic carbocycles. The van der Waals surface area contributed by atoms with Gasteiger partial charge in [-0.25, -0.2) is 0 Å². The average Bonchev–Trinajstić information content (AvgIpc) is 2.74. The lowest BCUT2D eigenvalue weighted by atomic mass is 10.0. The molecule has 16 nitrogen and oxygen atoms in total. The fourth-order valence-electron chi connectivity index (χ4n) is 3.43. The van der Waals surface area contributed by atoms with E-state index in [1.165, 1.54) is 0 Å². The summed E-state index contributed by atoms with van der Waals surface area (Å²) >= 11 is 5.42. The van der Waals surface area contributed by atoms with Gasteiger partial charge in [-0.1, -0.05) is 0 Å². The lowest BCUT2D eigenvalue weighted by Crippen LogP contribution is -2.17. The van der Waals surface area contributed by atoms with Crippen molar-refractivity contribution < 1.29 is 70.8 Å². The Kier molecular flexibility index (Phi) is 9.11. The molecule has 0 fully saturated rings. The molecule has 0 saturated carbocycles. The highest BCUT2D eigenvalue weighted by Gasteiger charge is 2.44. The zero-order chi connectivity index (χ0) is 29.8. The molecule has 2 rings (SSSR count). The summed E-state index contributed by atoms with van der Waals surface area (Å²) in [6, 6.07) is 0. The van der Waals surface area contributed by atoms with Gasteiger partial charge in [0.15, 0.2) is 23.0 Å². The number of methoxy groups -OCH3 is 4. The first kappa shape index (κ1) is 32.5. The van der Waals surface area contributed by atoms with Crippen molar-refractivity contribution in [2.75, 3.05) is 28.4 Å². The molecule has 22 heteroatoms. The topological polar surface area (TPSA) is 254 Å². The smallest absolute Gasteiger partial charge is 0.297 e. The van der Waals surface area contributed by atoms with Gasteiger partial charge in [0, 0.05) is 0 Å². The van der Waals surface area contributed by atoms with Crippen molar-refractivity contribution >= 4 is 72.3 Å². The summed E-state index contributed by atoms with van der Waals surface area (Å²) in [5.74, 6) is -3.26. The van der Waals surface area contributed by atoms with Gasteiger partial charge in [-0.15, -0.1) is 0 Å². The molecule has 4 N–H and O–H groups in total. The van der Waals surface area contributed by atoms with Crippen molar-refractivity contribution in [1.82, 2.24) is 0 Å². The van der Waals surface area contributed by atoms with E-state index in [4.69, 9.17) is 18.9 Å². The van der Waals surface area contributed by atoms with Crippen LogP contribution in [0.15, 0.2) is 28.5 Å². The van der Waals surface area contributed by atoms with Crippen molar-refractivity contribution in [1.29, 1.82) is 0 Å². The van der Waals surface area contributed by atoms with Crippen molar-refractivity contribution in [3.05, 3.63) is 8.95 Å². The highest BCUT2D eigenvalue weighted by molar-refractivity contribution is 9.11. The summed E-state index contributed by atoms with van der Waals surface area (Å²) in [6.45, 7) is 0. The van der Waals surface area contributed by atoms with E-state index in [2.05, 4.69) is 31.9 Å². The minimum Gasteiger partial charge on any atom is -0.492 e. The third-order valence-corrected chi connectivity index (χ3v) is 10.6. The molecule has 38 heavy (non-hydrogen) atoms. The van der Waals surface area contributed by atoms with Crippen molar-refractivity contribution in [2.24, 2.45) is 0 Å². The van der Waals surface area contributed by atoms with Gasteiger partial charge in [0.1, 0.15) is 19.6 Å². The van der Waals surface area contributed by atoms with E-state index in [9.17, 15) is 51.9 Å². The molecule has 0 heterocycles. The first-order valence-corrected chi connectivity index (χ1v) is 16.3. The van der Waals surface area contributed by atoms with Crippen LogP contribution in [0.3, 0.4) is 0 Å². The Morgan fingerprint density at radius 2 is 0.658 bits per heavy atom. The highest BCUT2D eigenvalue weighted by Crippen LogP contribution is 2.58. The minimum atomic E-state index is -5.84. The Morgan fingerprint density at radius 3 is 0.816 bits per heavy atom. The van der Waals surface area contributed by atoms with Gasteiger partial charge < -0.3 is 18.9 Å². The first-order valence-electron chi connectivity index (χ1n) is 8.96. The van der Waals surface area contributed by atoms with Crippen LogP contribution in [0.2, 0.25) is 0 Å². The van der Waals surface area contributed by atoms with Crippen LogP contribution in [0.5, 0.6) is 23.0 Å². The van der Waals surface area contributed by atoms with Crippen molar-refractivity contribution in [3.63, 3.8) is 0 Å². The van der Waals surface area contributed by atoms with Crippen molar-refractivity contribution in [3.8, 4) is 34.1 Å². The summed E-state index contributed by atoms with van der Waals surface area (Å²) < 4.78 is 158. The molecule has 2 aromatic rings. The number of hydrogen-bond acceptors (Lipinski definition) is 12. The molecule has 214 valence electrons. The predicted molar refractivity (Wildman–Crippen MR) is 133 cm³/mol.